The van der Waals surface area contributed by atoms with Gasteiger partial charge in [0.15, 0.2) is 0 Å². The molecule has 0 spiro atoms. The Kier molecular flexibility index (Phi) is 5.09. The molecule has 0 aliphatic carbocycles. The third kappa shape index (κ3) is 3.35. The summed E-state index contributed by atoms with van der Waals surface area (Å²) in [6.45, 7) is 4.82. The minimum absolute atomic E-state index is 0.282. The fourth-order valence-electron chi connectivity index (χ4n) is 1.13. The minimum atomic E-state index is 0.282. The fourth-order valence-corrected chi connectivity index (χ4v) is 2.88. The third-order valence-corrected chi connectivity index (χ3v) is 3.89. The molecule has 1 rings (SSSR count). The van der Waals surface area contributed by atoms with Crippen LogP contribution in [0.4, 0.5) is 0 Å². The number of hydrogen-bond acceptors (Lipinski definition) is 3. The molecule has 0 amide bonds. The Labute approximate surface area is 97.8 Å². The lowest BCUT2D eigenvalue weighted by atomic mass is 10.2. The van der Waals surface area contributed by atoms with E-state index in [1.165, 1.54) is 4.88 Å². The largest absolute Gasteiger partial charge is 0.377 e. The van der Waals surface area contributed by atoms with Crippen LogP contribution in [0.25, 0.3) is 0 Å². The van der Waals surface area contributed by atoms with E-state index in [4.69, 9.17) is 4.74 Å². The topological polar surface area (TPSA) is 21.3 Å². The highest BCUT2D eigenvalue weighted by molar-refractivity contribution is 9.10. The van der Waals surface area contributed by atoms with E-state index in [0.717, 1.165) is 4.47 Å². The Morgan fingerprint density at radius 3 is 2.71 bits per heavy atom. The van der Waals surface area contributed by atoms with E-state index in [0.29, 0.717) is 6.61 Å². The third-order valence-electron chi connectivity index (χ3n) is 1.91. The summed E-state index contributed by atoms with van der Waals surface area (Å²) >= 11 is 5.27. The molecule has 2 nitrogen and oxygen atoms in total. The molecule has 0 saturated heterocycles. The summed E-state index contributed by atoms with van der Waals surface area (Å²) in [7, 11) is 1.96. The summed E-state index contributed by atoms with van der Waals surface area (Å²) in [6, 6.07) is 2.35. The number of ether oxygens (including phenoxy) is 1. The molecule has 0 fully saturated rings. The molecule has 0 aliphatic rings. The lowest BCUT2D eigenvalue weighted by molar-refractivity contribution is 0.0631. The lowest BCUT2D eigenvalue weighted by Gasteiger charge is -2.17. The summed E-state index contributed by atoms with van der Waals surface area (Å²) < 4.78 is 6.76. The van der Waals surface area contributed by atoms with Crippen molar-refractivity contribution in [1.29, 1.82) is 0 Å². The van der Waals surface area contributed by atoms with Crippen molar-refractivity contribution < 1.29 is 4.74 Å². The van der Waals surface area contributed by atoms with Gasteiger partial charge in [-0.15, -0.1) is 11.3 Å². The van der Waals surface area contributed by atoms with Gasteiger partial charge >= 0.3 is 0 Å². The fraction of sp³-hybridized carbons (Fsp3) is 0.600. The van der Waals surface area contributed by atoms with E-state index < -0.39 is 0 Å². The number of likely N-dealkylation sites (N-methyl/N-ethyl adjacent to an activating group) is 1. The Morgan fingerprint density at radius 2 is 2.29 bits per heavy atom. The molecule has 1 aromatic rings. The summed E-state index contributed by atoms with van der Waals surface area (Å²) in [4.78, 5) is 1.30. The van der Waals surface area contributed by atoms with E-state index in [-0.39, 0.29) is 12.1 Å². The molecule has 0 aromatic carbocycles. The highest BCUT2D eigenvalue weighted by atomic mass is 79.9. The molecule has 4 heteroatoms. The lowest BCUT2D eigenvalue weighted by Crippen LogP contribution is -2.22. The second-order valence-corrected chi connectivity index (χ2v) is 5.16. The van der Waals surface area contributed by atoms with Crippen molar-refractivity contribution in [2.75, 3.05) is 13.7 Å². The van der Waals surface area contributed by atoms with Gasteiger partial charge < -0.3 is 10.1 Å². The second kappa shape index (κ2) is 5.85. The Hall–Kier alpha value is 0.100. The minimum Gasteiger partial charge on any atom is -0.377 e. The maximum atomic E-state index is 5.60. The number of nitrogens with one attached hydrogen (secondary N) is 1. The van der Waals surface area contributed by atoms with Crippen LogP contribution in [0.15, 0.2) is 15.9 Å². The van der Waals surface area contributed by atoms with Gasteiger partial charge in [-0.3, -0.25) is 0 Å². The van der Waals surface area contributed by atoms with Crippen LogP contribution < -0.4 is 5.32 Å². The second-order valence-electron chi connectivity index (χ2n) is 3.36. The van der Waals surface area contributed by atoms with Crippen molar-refractivity contribution in [2.45, 2.75) is 26.0 Å². The van der Waals surface area contributed by atoms with Crippen molar-refractivity contribution in [3.63, 3.8) is 0 Å². The first-order valence-electron chi connectivity index (χ1n) is 4.67. The van der Waals surface area contributed by atoms with Crippen molar-refractivity contribution in [3.8, 4) is 0 Å². The van der Waals surface area contributed by atoms with Crippen LogP contribution in [-0.2, 0) is 4.74 Å². The number of hydrogen-bond donors (Lipinski definition) is 1. The first-order chi connectivity index (χ1) is 6.65. The Bertz CT molecular complexity index is 275. The monoisotopic (exact) mass is 277 g/mol. The molecule has 80 valence electrons. The molecule has 1 atom stereocenters. The smallest absolute Gasteiger partial charge is 0.0673 e. The van der Waals surface area contributed by atoms with E-state index in [1.807, 2.05) is 7.05 Å². The maximum absolute atomic E-state index is 5.60. The maximum Gasteiger partial charge on any atom is 0.0673 e. The van der Waals surface area contributed by atoms with E-state index in [1.54, 1.807) is 11.3 Å². The summed E-state index contributed by atoms with van der Waals surface area (Å²) in [5, 5.41) is 5.34. The first-order valence-corrected chi connectivity index (χ1v) is 6.34. The standard InChI is InChI=1S/C10H16BrNOS/c1-7(2)13-6-9(12-3)10-8(11)4-5-14-10/h4-5,7,9,12H,6H2,1-3H3. The van der Waals surface area contributed by atoms with Crippen molar-refractivity contribution in [1.82, 2.24) is 5.32 Å². The molecule has 14 heavy (non-hydrogen) atoms. The van der Waals surface area contributed by atoms with Gasteiger partial charge in [0.05, 0.1) is 18.8 Å². The molecular weight excluding hydrogens is 262 g/mol. The molecule has 0 bridgehead atoms. The van der Waals surface area contributed by atoms with Gasteiger partial charge in [0.25, 0.3) is 0 Å². The quantitative estimate of drug-likeness (QED) is 0.893. The van der Waals surface area contributed by atoms with Crippen LogP contribution in [0.1, 0.15) is 24.8 Å². The number of thiophene rings is 1. The molecule has 1 aromatic heterocycles. The molecule has 1 unspecified atom stereocenters. The average molecular weight is 278 g/mol. The zero-order valence-corrected chi connectivity index (χ0v) is 11.1. The van der Waals surface area contributed by atoms with Gasteiger partial charge in [0.1, 0.15) is 0 Å². The average Bonchev–Trinajstić information content (AvgIpc) is 2.53. The van der Waals surface area contributed by atoms with Gasteiger partial charge in [-0.1, -0.05) is 0 Å². The van der Waals surface area contributed by atoms with Crippen LogP contribution in [0, 0.1) is 0 Å². The van der Waals surface area contributed by atoms with Crippen molar-refractivity contribution in [3.05, 3.63) is 20.8 Å². The summed E-state index contributed by atoms with van der Waals surface area (Å²) in [5.74, 6) is 0. The van der Waals surface area contributed by atoms with Crippen molar-refractivity contribution >= 4 is 27.3 Å². The normalized spacial score (nSPS) is 13.5. The van der Waals surface area contributed by atoms with Gasteiger partial charge in [0, 0.05) is 9.35 Å². The summed E-state index contributed by atoms with van der Waals surface area (Å²) in [6.07, 6.45) is 0.282. The predicted octanol–water partition coefficient (Wildman–Crippen LogP) is 3.20. The Balaban J connectivity index is 2.58. The number of halogens is 1. The van der Waals surface area contributed by atoms with Gasteiger partial charge in [-0.25, -0.2) is 0 Å². The van der Waals surface area contributed by atoms with Crippen LogP contribution in [0.2, 0.25) is 0 Å². The number of rotatable bonds is 5. The van der Waals surface area contributed by atoms with Gasteiger partial charge in [0.2, 0.25) is 0 Å². The van der Waals surface area contributed by atoms with Crippen LogP contribution >= 0.6 is 27.3 Å². The zero-order valence-electron chi connectivity index (χ0n) is 8.71. The van der Waals surface area contributed by atoms with Gasteiger partial charge in [-0.05, 0) is 48.3 Å². The highest BCUT2D eigenvalue weighted by Crippen LogP contribution is 2.29. The molecule has 0 aliphatic heterocycles. The van der Waals surface area contributed by atoms with Crippen molar-refractivity contribution in [2.24, 2.45) is 0 Å². The highest BCUT2D eigenvalue weighted by Gasteiger charge is 2.14. The van der Waals surface area contributed by atoms with Crippen LogP contribution in [-0.4, -0.2) is 19.8 Å². The first kappa shape index (κ1) is 12.2. The van der Waals surface area contributed by atoms with E-state index in [9.17, 15) is 0 Å². The van der Waals surface area contributed by atoms with Crippen LogP contribution in [0.5, 0.6) is 0 Å². The summed E-state index contributed by atoms with van der Waals surface area (Å²) in [5.41, 5.74) is 0. The molecular formula is C10H16BrNOS. The Morgan fingerprint density at radius 1 is 1.57 bits per heavy atom. The molecule has 0 radical (unpaired) electrons. The zero-order chi connectivity index (χ0) is 10.6. The van der Waals surface area contributed by atoms with E-state index >= 15 is 0 Å². The van der Waals surface area contributed by atoms with Crippen LogP contribution in [0.3, 0.4) is 0 Å². The predicted molar refractivity (Wildman–Crippen MR) is 64.9 cm³/mol. The SMILES string of the molecule is CNC(COC(C)C)c1sccc1Br. The molecule has 0 saturated carbocycles. The van der Waals surface area contributed by atoms with E-state index in [2.05, 4.69) is 46.5 Å². The van der Waals surface area contributed by atoms with Gasteiger partial charge in [-0.2, -0.15) is 0 Å². The molecule has 1 heterocycles. The molecule has 1 N–H and O–H groups in total.